The second-order valence-electron chi connectivity index (χ2n) is 5.62. The molecule has 0 aliphatic rings. The SMILES string of the molecule is Cn1ccnc1C(O)(CC(=O)Nc1ccc2[nH]ncc2c1)C(F)(F)F. The number of rotatable bonds is 4. The molecule has 0 saturated carbocycles. The smallest absolute Gasteiger partial charge is 0.374 e. The Bertz CT molecular complexity index is 917. The number of aryl methyl sites for hydroxylation is 1. The van der Waals surface area contributed by atoms with Crippen molar-refractivity contribution in [2.45, 2.75) is 18.2 Å². The Morgan fingerprint density at radius 1 is 1.40 bits per heavy atom. The molecule has 0 fully saturated rings. The first-order valence-electron chi connectivity index (χ1n) is 7.20. The number of anilines is 1. The lowest BCUT2D eigenvalue weighted by Gasteiger charge is -2.29. The Hall–Kier alpha value is -2.88. The number of aromatic nitrogens is 4. The number of imidazole rings is 1. The Labute approximate surface area is 139 Å². The van der Waals surface area contributed by atoms with Crippen LogP contribution in [0.3, 0.4) is 0 Å². The van der Waals surface area contributed by atoms with E-state index in [9.17, 15) is 23.1 Å². The second-order valence-corrected chi connectivity index (χ2v) is 5.62. The normalized spacial score (nSPS) is 14.4. The third kappa shape index (κ3) is 3.07. The number of nitrogens with zero attached hydrogens (tertiary/aromatic N) is 3. The van der Waals surface area contributed by atoms with E-state index in [1.165, 1.54) is 25.5 Å². The molecule has 1 amide bonds. The van der Waals surface area contributed by atoms with E-state index in [4.69, 9.17) is 0 Å². The number of halogens is 3. The molecule has 1 unspecified atom stereocenters. The second kappa shape index (κ2) is 5.88. The highest BCUT2D eigenvalue weighted by Crippen LogP contribution is 2.40. The van der Waals surface area contributed by atoms with Crippen molar-refractivity contribution in [3.05, 3.63) is 42.6 Å². The first-order valence-corrected chi connectivity index (χ1v) is 7.20. The van der Waals surface area contributed by atoms with Crippen molar-refractivity contribution in [1.29, 1.82) is 0 Å². The number of nitrogens with one attached hydrogen (secondary N) is 2. The number of H-pyrrole nitrogens is 1. The van der Waals surface area contributed by atoms with Crippen LogP contribution in [0.4, 0.5) is 18.9 Å². The van der Waals surface area contributed by atoms with Crippen LogP contribution in [-0.4, -0.2) is 36.9 Å². The van der Waals surface area contributed by atoms with Gasteiger partial charge in [-0.15, -0.1) is 0 Å². The fraction of sp³-hybridized carbons (Fsp3) is 0.267. The molecule has 25 heavy (non-hydrogen) atoms. The zero-order valence-corrected chi connectivity index (χ0v) is 13.0. The Morgan fingerprint density at radius 3 is 2.80 bits per heavy atom. The van der Waals surface area contributed by atoms with Gasteiger partial charge in [0.25, 0.3) is 0 Å². The van der Waals surface area contributed by atoms with E-state index < -0.39 is 29.9 Å². The summed E-state index contributed by atoms with van der Waals surface area (Å²) in [5, 5.41) is 19.8. The quantitative estimate of drug-likeness (QED) is 0.669. The minimum Gasteiger partial charge on any atom is -0.374 e. The molecule has 0 aliphatic carbocycles. The first kappa shape index (κ1) is 17.0. The van der Waals surface area contributed by atoms with Crippen molar-refractivity contribution >= 4 is 22.5 Å². The van der Waals surface area contributed by atoms with Gasteiger partial charge in [-0.1, -0.05) is 0 Å². The molecule has 0 radical (unpaired) electrons. The molecular formula is C15H14F3N5O2. The Morgan fingerprint density at radius 2 is 2.16 bits per heavy atom. The number of alkyl halides is 3. The van der Waals surface area contributed by atoms with Crippen LogP contribution in [-0.2, 0) is 17.4 Å². The summed E-state index contributed by atoms with van der Waals surface area (Å²) in [6.45, 7) is 0. The van der Waals surface area contributed by atoms with Crippen molar-refractivity contribution in [2.24, 2.45) is 7.05 Å². The van der Waals surface area contributed by atoms with Crippen LogP contribution < -0.4 is 5.32 Å². The fourth-order valence-corrected chi connectivity index (χ4v) is 2.53. The summed E-state index contributed by atoms with van der Waals surface area (Å²) < 4.78 is 41.3. The van der Waals surface area contributed by atoms with E-state index in [0.717, 1.165) is 16.3 Å². The average Bonchev–Trinajstić information content (AvgIpc) is 3.13. The van der Waals surface area contributed by atoms with Crippen LogP contribution in [0.15, 0.2) is 36.8 Å². The number of hydrogen-bond donors (Lipinski definition) is 3. The van der Waals surface area contributed by atoms with Gasteiger partial charge in [-0.25, -0.2) is 4.98 Å². The predicted molar refractivity (Wildman–Crippen MR) is 82.5 cm³/mol. The van der Waals surface area contributed by atoms with Crippen molar-refractivity contribution in [2.75, 3.05) is 5.32 Å². The minimum atomic E-state index is -5.07. The first-order chi connectivity index (χ1) is 11.7. The van der Waals surface area contributed by atoms with E-state index in [-0.39, 0.29) is 0 Å². The van der Waals surface area contributed by atoms with Gasteiger partial charge >= 0.3 is 6.18 Å². The summed E-state index contributed by atoms with van der Waals surface area (Å²) in [4.78, 5) is 15.7. The molecule has 0 saturated heterocycles. The number of hydrogen-bond acceptors (Lipinski definition) is 4. The standard InChI is InChI=1S/C15H14F3N5O2/c1-23-5-4-19-13(23)14(25,15(16,17)18)7-12(24)21-10-2-3-11-9(6-10)8-20-22-11/h2-6,8,25H,7H2,1H3,(H,20,22)(H,21,24). The van der Waals surface area contributed by atoms with Crippen LogP contribution >= 0.6 is 0 Å². The maximum absolute atomic E-state index is 13.4. The lowest BCUT2D eigenvalue weighted by atomic mass is 9.97. The molecular weight excluding hydrogens is 339 g/mol. The molecule has 1 aromatic carbocycles. The third-order valence-electron chi connectivity index (χ3n) is 3.80. The number of aromatic amines is 1. The number of fused-ring (bicyclic) bond motifs is 1. The number of carbonyl (C=O) groups is 1. The Kier molecular flexibility index (Phi) is 3.99. The van der Waals surface area contributed by atoms with Gasteiger partial charge in [0.2, 0.25) is 11.5 Å². The fourth-order valence-electron chi connectivity index (χ4n) is 2.53. The molecule has 3 rings (SSSR count). The monoisotopic (exact) mass is 353 g/mol. The topological polar surface area (TPSA) is 95.8 Å². The van der Waals surface area contributed by atoms with Crippen LogP contribution in [0, 0.1) is 0 Å². The highest BCUT2D eigenvalue weighted by atomic mass is 19.4. The van der Waals surface area contributed by atoms with E-state index in [0.29, 0.717) is 11.1 Å². The summed E-state index contributed by atoms with van der Waals surface area (Å²) >= 11 is 0. The van der Waals surface area contributed by atoms with E-state index >= 15 is 0 Å². The number of carbonyl (C=O) groups excluding carboxylic acids is 1. The maximum atomic E-state index is 13.4. The lowest BCUT2D eigenvalue weighted by Crippen LogP contribution is -2.46. The molecule has 2 aromatic heterocycles. The van der Waals surface area contributed by atoms with Gasteiger partial charge in [0.1, 0.15) is 0 Å². The van der Waals surface area contributed by atoms with Gasteiger partial charge in [0.15, 0.2) is 5.82 Å². The highest BCUT2D eigenvalue weighted by Gasteiger charge is 2.58. The van der Waals surface area contributed by atoms with Crippen molar-refractivity contribution in [1.82, 2.24) is 19.7 Å². The molecule has 3 N–H and O–H groups in total. The van der Waals surface area contributed by atoms with Crippen molar-refractivity contribution in [3.8, 4) is 0 Å². The van der Waals surface area contributed by atoms with E-state index in [1.807, 2.05) is 0 Å². The molecule has 2 heterocycles. The lowest BCUT2D eigenvalue weighted by molar-refractivity contribution is -0.270. The molecule has 0 aliphatic heterocycles. The molecule has 3 aromatic rings. The van der Waals surface area contributed by atoms with Gasteiger partial charge < -0.3 is 15.0 Å². The van der Waals surface area contributed by atoms with Crippen LogP contribution in [0.2, 0.25) is 0 Å². The molecule has 0 spiro atoms. The molecule has 10 heteroatoms. The van der Waals surface area contributed by atoms with Crippen LogP contribution in [0.25, 0.3) is 10.9 Å². The summed E-state index contributed by atoms with van der Waals surface area (Å²) in [6, 6.07) is 4.71. The summed E-state index contributed by atoms with van der Waals surface area (Å²) in [6.07, 6.45) is -2.39. The van der Waals surface area contributed by atoms with Crippen LogP contribution in [0.5, 0.6) is 0 Å². The summed E-state index contributed by atoms with van der Waals surface area (Å²) in [5.74, 6) is -1.65. The van der Waals surface area contributed by atoms with E-state index in [2.05, 4.69) is 20.5 Å². The van der Waals surface area contributed by atoms with E-state index in [1.54, 1.807) is 12.1 Å². The zero-order chi connectivity index (χ0) is 18.2. The third-order valence-corrected chi connectivity index (χ3v) is 3.80. The average molecular weight is 353 g/mol. The minimum absolute atomic E-state index is 0.295. The highest BCUT2D eigenvalue weighted by molar-refractivity contribution is 5.94. The Balaban J connectivity index is 1.84. The van der Waals surface area contributed by atoms with Gasteiger partial charge in [-0.2, -0.15) is 18.3 Å². The van der Waals surface area contributed by atoms with Gasteiger partial charge in [0, 0.05) is 30.5 Å². The number of aliphatic hydroxyl groups is 1. The van der Waals surface area contributed by atoms with Crippen LogP contribution in [0.1, 0.15) is 12.2 Å². The van der Waals surface area contributed by atoms with Gasteiger partial charge in [0.05, 0.1) is 18.1 Å². The summed E-state index contributed by atoms with van der Waals surface area (Å²) in [5.41, 5.74) is -2.38. The molecule has 0 bridgehead atoms. The molecule has 1 atom stereocenters. The summed E-state index contributed by atoms with van der Waals surface area (Å²) in [7, 11) is 1.31. The predicted octanol–water partition coefficient (Wildman–Crippen LogP) is 2.08. The van der Waals surface area contributed by atoms with Crippen molar-refractivity contribution in [3.63, 3.8) is 0 Å². The number of benzene rings is 1. The maximum Gasteiger partial charge on any atom is 0.425 e. The largest absolute Gasteiger partial charge is 0.425 e. The van der Waals surface area contributed by atoms with Gasteiger partial charge in [-0.3, -0.25) is 9.89 Å². The molecule has 7 nitrogen and oxygen atoms in total. The van der Waals surface area contributed by atoms with Gasteiger partial charge in [-0.05, 0) is 18.2 Å². The number of amides is 1. The van der Waals surface area contributed by atoms with Crippen molar-refractivity contribution < 1.29 is 23.1 Å². The zero-order valence-electron chi connectivity index (χ0n) is 13.0. The molecule has 132 valence electrons.